The molecule has 0 saturated carbocycles. The molecular weight excluding hydrogens is 276 g/mol. The molecule has 112 valence electrons. The number of phenolic OH excluding ortho intramolecular Hbond substituents is 1. The van der Waals surface area contributed by atoms with Gasteiger partial charge in [0, 0.05) is 18.7 Å². The molecule has 0 bridgehead atoms. The van der Waals surface area contributed by atoms with E-state index in [0.29, 0.717) is 16.8 Å². The summed E-state index contributed by atoms with van der Waals surface area (Å²) in [6.07, 6.45) is 3.43. The SMILES string of the molecule is N#Cc1c(N2CCCCC2)cc(-c2ccccc2O)nc1N. The molecule has 3 N–H and O–H groups in total. The van der Waals surface area contributed by atoms with Crippen LogP contribution in [0.3, 0.4) is 0 Å². The van der Waals surface area contributed by atoms with Gasteiger partial charge in [-0.1, -0.05) is 12.1 Å². The maximum atomic E-state index is 10.0. The van der Waals surface area contributed by atoms with Gasteiger partial charge >= 0.3 is 0 Å². The molecule has 22 heavy (non-hydrogen) atoms. The average molecular weight is 294 g/mol. The minimum Gasteiger partial charge on any atom is -0.507 e. The molecule has 1 aromatic carbocycles. The highest BCUT2D eigenvalue weighted by molar-refractivity contribution is 5.77. The predicted octanol–water partition coefficient (Wildman–Crippen LogP) is 2.90. The van der Waals surface area contributed by atoms with Gasteiger partial charge in [0.2, 0.25) is 0 Å². The van der Waals surface area contributed by atoms with E-state index in [-0.39, 0.29) is 11.6 Å². The summed E-state index contributed by atoms with van der Waals surface area (Å²) in [7, 11) is 0. The van der Waals surface area contributed by atoms with Gasteiger partial charge < -0.3 is 15.7 Å². The van der Waals surface area contributed by atoms with E-state index in [0.717, 1.165) is 31.6 Å². The van der Waals surface area contributed by atoms with E-state index in [4.69, 9.17) is 5.73 Å². The highest BCUT2D eigenvalue weighted by Gasteiger charge is 2.19. The van der Waals surface area contributed by atoms with Crippen LogP contribution in [-0.2, 0) is 0 Å². The predicted molar refractivity (Wildman–Crippen MR) is 86.5 cm³/mol. The minimum atomic E-state index is 0.156. The van der Waals surface area contributed by atoms with Crippen LogP contribution in [0.2, 0.25) is 0 Å². The van der Waals surface area contributed by atoms with Gasteiger partial charge in [0.15, 0.2) is 0 Å². The average Bonchev–Trinajstić information content (AvgIpc) is 2.55. The van der Waals surface area contributed by atoms with Crippen molar-refractivity contribution in [2.45, 2.75) is 19.3 Å². The van der Waals surface area contributed by atoms with Crippen molar-refractivity contribution in [2.24, 2.45) is 0 Å². The van der Waals surface area contributed by atoms with E-state index in [1.54, 1.807) is 18.2 Å². The van der Waals surface area contributed by atoms with E-state index in [2.05, 4.69) is 16.0 Å². The van der Waals surface area contributed by atoms with Gasteiger partial charge in [-0.05, 0) is 37.5 Å². The number of piperidine rings is 1. The monoisotopic (exact) mass is 294 g/mol. The van der Waals surface area contributed by atoms with Gasteiger partial charge in [-0.2, -0.15) is 5.26 Å². The molecule has 0 radical (unpaired) electrons. The Labute approximate surface area is 129 Å². The van der Waals surface area contributed by atoms with Crippen molar-refractivity contribution < 1.29 is 5.11 Å². The number of anilines is 2. The fourth-order valence-corrected chi connectivity index (χ4v) is 2.88. The van der Waals surface area contributed by atoms with E-state index in [9.17, 15) is 10.4 Å². The second-order valence-electron chi connectivity index (χ2n) is 5.46. The molecule has 0 amide bonds. The second-order valence-corrected chi connectivity index (χ2v) is 5.46. The fraction of sp³-hybridized carbons (Fsp3) is 0.294. The van der Waals surface area contributed by atoms with Crippen LogP contribution >= 0.6 is 0 Å². The van der Waals surface area contributed by atoms with Crippen LogP contribution in [0.25, 0.3) is 11.3 Å². The lowest BCUT2D eigenvalue weighted by molar-refractivity contribution is 0.477. The minimum absolute atomic E-state index is 0.156. The Kier molecular flexibility index (Phi) is 3.84. The lowest BCUT2D eigenvalue weighted by Gasteiger charge is -2.30. The van der Waals surface area contributed by atoms with Crippen LogP contribution in [-0.4, -0.2) is 23.2 Å². The number of nitrogens with two attached hydrogens (primary N) is 1. The summed E-state index contributed by atoms with van der Waals surface area (Å²) in [5.41, 5.74) is 8.43. The third-order valence-electron chi connectivity index (χ3n) is 4.02. The summed E-state index contributed by atoms with van der Waals surface area (Å²) in [6, 6.07) is 11.0. The van der Waals surface area contributed by atoms with E-state index in [1.165, 1.54) is 6.42 Å². The number of nitrogen functional groups attached to an aromatic ring is 1. The zero-order valence-corrected chi connectivity index (χ0v) is 12.3. The number of hydrogen-bond donors (Lipinski definition) is 2. The molecule has 1 saturated heterocycles. The molecule has 5 nitrogen and oxygen atoms in total. The van der Waals surface area contributed by atoms with Crippen molar-refractivity contribution in [1.82, 2.24) is 4.98 Å². The van der Waals surface area contributed by atoms with Crippen molar-refractivity contribution in [1.29, 1.82) is 5.26 Å². The van der Waals surface area contributed by atoms with E-state index < -0.39 is 0 Å². The van der Waals surface area contributed by atoms with Gasteiger partial charge in [-0.3, -0.25) is 0 Å². The van der Waals surface area contributed by atoms with Gasteiger partial charge in [0.05, 0.1) is 11.4 Å². The molecule has 1 aliphatic heterocycles. The number of hydrogen-bond acceptors (Lipinski definition) is 5. The van der Waals surface area contributed by atoms with Gasteiger partial charge in [-0.25, -0.2) is 4.98 Å². The topological polar surface area (TPSA) is 86.2 Å². The number of aromatic hydroxyl groups is 1. The van der Waals surface area contributed by atoms with Crippen LogP contribution in [0.5, 0.6) is 5.75 Å². The lowest BCUT2D eigenvalue weighted by Crippen LogP contribution is -2.30. The second kappa shape index (κ2) is 5.94. The molecule has 0 atom stereocenters. The summed E-state index contributed by atoms with van der Waals surface area (Å²) >= 11 is 0. The maximum Gasteiger partial charge on any atom is 0.144 e. The van der Waals surface area contributed by atoms with Gasteiger partial charge in [-0.15, -0.1) is 0 Å². The first-order valence-electron chi connectivity index (χ1n) is 7.44. The summed E-state index contributed by atoms with van der Waals surface area (Å²) < 4.78 is 0. The molecule has 1 fully saturated rings. The Bertz CT molecular complexity index is 730. The molecule has 3 rings (SSSR count). The molecule has 1 aliphatic rings. The quantitative estimate of drug-likeness (QED) is 0.889. The molecular formula is C17H18N4O. The van der Waals surface area contributed by atoms with Crippen molar-refractivity contribution in [2.75, 3.05) is 23.7 Å². The first kappa shape index (κ1) is 14.2. The number of nitrogens with zero attached hydrogens (tertiary/aromatic N) is 3. The van der Waals surface area contributed by atoms with Crippen molar-refractivity contribution in [3.05, 3.63) is 35.9 Å². The summed E-state index contributed by atoms with van der Waals surface area (Å²) in [5.74, 6) is 0.368. The van der Waals surface area contributed by atoms with Crippen LogP contribution in [0.1, 0.15) is 24.8 Å². The molecule has 0 spiro atoms. The van der Waals surface area contributed by atoms with Crippen LogP contribution < -0.4 is 10.6 Å². The van der Waals surface area contributed by atoms with Gasteiger partial charge in [0.25, 0.3) is 0 Å². The van der Waals surface area contributed by atoms with Gasteiger partial charge in [0.1, 0.15) is 23.2 Å². The fourth-order valence-electron chi connectivity index (χ4n) is 2.88. The molecule has 2 heterocycles. The highest BCUT2D eigenvalue weighted by atomic mass is 16.3. The third-order valence-corrected chi connectivity index (χ3v) is 4.02. The Morgan fingerprint density at radius 3 is 2.59 bits per heavy atom. The van der Waals surface area contributed by atoms with Crippen molar-refractivity contribution in [3.63, 3.8) is 0 Å². The van der Waals surface area contributed by atoms with Crippen LogP contribution in [0.4, 0.5) is 11.5 Å². The standard InChI is InChI=1S/C17H18N4O/c18-11-13-15(21-8-4-1-5-9-21)10-14(20-17(13)19)12-6-2-3-7-16(12)22/h2-3,6-7,10,22H,1,4-5,8-9H2,(H2,19,20). The van der Waals surface area contributed by atoms with Crippen LogP contribution in [0.15, 0.2) is 30.3 Å². The third kappa shape index (κ3) is 2.56. The van der Waals surface area contributed by atoms with Crippen molar-refractivity contribution in [3.8, 4) is 23.1 Å². The van der Waals surface area contributed by atoms with E-state index in [1.807, 2.05) is 12.1 Å². The summed E-state index contributed by atoms with van der Waals surface area (Å²) in [5, 5.41) is 19.4. The Hall–Kier alpha value is -2.74. The molecule has 2 aromatic rings. The highest BCUT2D eigenvalue weighted by Crippen LogP contribution is 2.34. The number of benzene rings is 1. The first-order valence-corrected chi connectivity index (χ1v) is 7.44. The zero-order valence-electron chi connectivity index (χ0n) is 12.3. The normalized spacial score (nSPS) is 14.6. The zero-order chi connectivity index (χ0) is 15.5. The Balaban J connectivity index is 2.12. The summed E-state index contributed by atoms with van der Waals surface area (Å²) in [6.45, 7) is 1.83. The number of para-hydroxylation sites is 1. The number of aromatic nitrogens is 1. The number of phenols is 1. The summed E-state index contributed by atoms with van der Waals surface area (Å²) in [4.78, 5) is 6.48. The van der Waals surface area contributed by atoms with Crippen LogP contribution in [0, 0.1) is 11.3 Å². The van der Waals surface area contributed by atoms with Crippen molar-refractivity contribution >= 4 is 11.5 Å². The maximum absolute atomic E-state index is 10.0. The lowest BCUT2D eigenvalue weighted by atomic mass is 10.0. The largest absolute Gasteiger partial charge is 0.507 e. The van der Waals surface area contributed by atoms with E-state index >= 15 is 0 Å². The smallest absolute Gasteiger partial charge is 0.144 e. The Morgan fingerprint density at radius 1 is 1.18 bits per heavy atom. The molecule has 0 unspecified atom stereocenters. The number of pyridine rings is 1. The molecule has 5 heteroatoms. The number of nitriles is 1. The number of rotatable bonds is 2. The molecule has 1 aromatic heterocycles. The molecule has 0 aliphatic carbocycles. The Morgan fingerprint density at radius 2 is 1.91 bits per heavy atom. The first-order chi connectivity index (χ1) is 10.7.